The van der Waals surface area contributed by atoms with Crippen molar-refractivity contribution in [2.24, 2.45) is 16.5 Å². The van der Waals surface area contributed by atoms with Gasteiger partial charge in [-0.2, -0.15) is 4.99 Å². The first-order valence-electron chi connectivity index (χ1n) is 12.5. The van der Waals surface area contributed by atoms with E-state index in [9.17, 15) is 43.3 Å². The van der Waals surface area contributed by atoms with Gasteiger partial charge < -0.3 is 11.5 Å². The highest BCUT2D eigenvalue weighted by atomic mass is 35.5. The van der Waals surface area contributed by atoms with Crippen molar-refractivity contribution < 1.29 is 43.3 Å². The molecule has 2 aliphatic carbocycles. The number of aryl methyl sites for hydroxylation is 2. The maximum absolute atomic E-state index is 12.5. The van der Waals surface area contributed by atoms with E-state index >= 15 is 0 Å². The highest BCUT2D eigenvalue weighted by Crippen LogP contribution is 2.38. The van der Waals surface area contributed by atoms with Crippen LogP contribution in [0.5, 0.6) is 0 Å². The molecule has 0 unspecified atom stereocenters. The van der Waals surface area contributed by atoms with E-state index in [-0.39, 0.29) is 31.4 Å². The number of benzene rings is 2. The standard InChI is InChI=1S/C13H17N3O5S2.C12H13ClO5S2/c1-7-5-11(23(20,21)8-3-4-8)10(22(2,18)19)6-9(7)12(17)16-13(14)15;1-7-5-11(20(17,18)8-3-4-8)10(19(2,15)16)6-9(7)12(13)14/h5-6,8H,3-4H2,1-2H3,(H4,14,15,16,17);5-6,8H,3-4H2,1-2H3. The van der Waals surface area contributed by atoms with Crippen LogP contribution < -0.4 is 11.5 Å². The normalized spacial score (nSPS) is 15.7. The Morgan fingerprint density at radius 2 is 1.02 bits per heavy atom. The Bertz CT molecular complexity index is 1990. The number of nitrogens with zero attached hydrogens (tertiary/aromatic N) is 1. The summed E-state index contributed by atoms with van der Waals surface area (Å²) < 4.78 is 97.1. The minimum Gasteiger partial charge on any atom is -0.370 e. The smallest absolute Gasteiger partial charge is 0.280 e. The summed E-state index contributed by atoms with van der Waals surface area (Å²) in [6.07, 6.45) is 3.85. The van der Waals surface area contributed by atoms with Gasteiger partial charge in [-0.1, -0.05) is 0 Å². The number of sulfone groups is 4. The number of hydrogen-bond donors (Lipinski definition) is 2. The highest BCUT2D eigenvalue weighted by molar-refractivity contribution is 7.95. The van der Waals surface area contributed by atoms with Crippen LogP contribution in [0.4, 0.5) is 0 Å². The van der Waals surface area contributed by atoms with Gasteiger partial charge in [0.25, 0.3) is 11.1 Å². The van der Waals surface area contributed by atoms with Gasteiger partial charge in [0.15, 0.2) is 45.3 Å². The molecular formula is C25H30ClN3O10S4. The van der Waals surface area contributed by atoms with Gasteiger partial charge in [0, 0.05) is 23.6 Å². The first-order valence-corrected chi connectivity index (χ1v) is 19.8. The van der Waals surface area contributed by atoms with Gasteiger partial charge in [-0.15, -0.1) is 0 Å². The molecule has 0 atom stereocenters. The van der Waals surface area contributed by atoms with Crippen molar-refractivity contribution in [2.45, 2.75) is 69.6 Å². The lowest BCUT2D eigenvalue weighted by atomic mass is 10.1. The van der Waals surface area contributed by atoms with Gasteiger partial charge in [-0.25, -0.2) is 33.7 Å². The molecule has 2 aromatic rings. The third-order valence-corrected chi connectivity index (χ3v) is 13.9. The number of halogens is 1. The predicted octanol–water partition coefficient (Wildman–Crippen LogP) is 1.46. The number of carbonyl (C=O) groups excluding carboxylic acids is 2. The van der Waals surface area contributed by atoms with Crippen molar-refractivity contribution in [3.8, 4) is 0 Å². The van der Waals surface area contributed by atoms with Gasteiger partial charge in [-0.05, 0) is 86.5 Å². The van der Waals surface area contributed by atoms with Crippen LogP contribution in [0.2, 0.25) is 0 Å². The molecule has 18 heteroatoms. The molecule has 0 radical (unpaired) electrons. The van der Waals surface area contributed by atoms with Crippen LogP contribution in [0.3, 0.4) is 0 Å². The average molecular weight is 696 g/mol. The molecule has 2 saturated carbocycles. The van der Waals surface area contributed by atoms with E-state index in [1.165, 1.54) is 26.0 Å². The van der Waals surface area contributed by atoms with Gasteiger partial charge in [-0.3, -0.25) is 9.59 Å². The van der Waals surface area contributed by atoms with Gasteiger partial charge in [0.2, 0.25) is 0 Å². The highest BCUT2D eigenvalue weighted by Gasteiger charge is 2.41. The summed E-state index contributed by atoms with van der Waals surface area (Å²) in [5.74, 6) is -1.30. The van der Waals surface area contributed by atoms with Crippen molar-refractivity contribution in [3.63, 3.8) is 0 Å². The summed E-state index contributed by atoms with van der Waals surface area (Å²) in [6.45, 7) is 3.01. The molecule has 0 aromatic heterocycles. The van der Waals surface area contributed by atoms with E-state index in [0.717, 1.165) is 24.6 Å². The van der Waals surface area contributed by atoms with Crippen LogP contribution in [0.1, 0.15) is 57.5 Å². The zero-order valence-corrected chi connectivity index (χ0v) is 27.5. The Hall–Kier alpha value is -2.86. The van der Waals surface area contributed by atoms with Gasteiger partial charge in [0.05, 0.1) is 30.1 Å². The first kappa shape index (κ1) is 34.6. The lowest BCUT2D eigenvalue weighted by Crippen LogP contribution is -2.24. The number of rotatable bonds is 8. The number of hydrogen-bond acceptors (Lipinski definition) is 10. The van der Waals surface area contributed by atoms with E-state index in [1.807, 2.05) is 0 Å². The third kappa shape index (κ3) is 7.81. The molecule has 0 bridgehead atoms. The summed E-state index contributed by atoms with van der Waals surface area (Å²) in [4.78, 5) is 25.3. The molecule has 2 aromatic carbocycles. The molecule has 13 nitrogen and oxygen atoms in total. The summed E-state index contributed by atoms with van der Waals surface area (Å²) >= 11 is 5.39. The van der Waals surface area contributed by atoms with Crippen LogP contribution in [0, 0.1) is 13.8 Å². The number of aliphatic imine (C=N–C) groups is 1. The molecule has 2 aliphatic rings. The van der Waals surface area contributed by atoms with E-state index in [4.69, 9.17) is 23.1 Å². The van der Waals surface area contributed by atoms with Gasteiger partial charge in [0.1, 0.15) is 0 Å². The third-order valence-electron chi connectivity index (χ3n) is 6.59. The number of guanidine groups is 1. The van der Waals surface area contributed by atoms with Gasteiger partial charge >= 0.3 is 0 Å². The Labute approximate surface area is 255 Å². The van der Waals surface area contributed by atoms with Crippen molar-refractivity contribution in [1.29, 1.82) is 0 Å². The van der Waals surface area contributed by atoms with E-state index in [0.29, 0.717) is 31.2 Å². The van der Waals surface area contributed by atoms with E-state index in [2.05, 4.69) is 4.99 Å². The lowest BCUT2D eigenvalue weighted by molar-refractivity contribution is 0.100. The van der Waals surface area contributed by atoms with E-state index < -0.39 is 71.9 Å². The molecule has 4 N–H and O–H groups in total. The SMILES string of the molecule is Cc1cc(S(=O)(=O)C2CC2)c(S(C)(=O)=O)cc1C(=O)Cl.Cc1cc(S(=O)(=O)C2CC2)c(S(C)(=O)=O)cc1C(=O)N=C(N)N. The average Bonchev–Trinajstić information content (AvgIpc) is 3.74. The molecule has 0 heterocycles. The Balaban J connectivity index is 0.000000238. The van der Waals surface area contributed by atoms with Crippen LogP contribution in [0.25, 0.3) is 0 Å². The molecule has 0 aliphatic heterocycles. The second-order valence-corrected chi connectivity index (χ2v) is 19.1. The zero-order chi connectivity index (χ0) is 32.9. The monoisotopic (exact) mass is 695 g/mol. The second kappa shape index (κ2) is 11.9. The minimum atomic E-state index is -3.87. The van der Waals surface area contributed by atoms with Crippen molar-refractivity contribution in [2.75, 3.05) is 12.5 Å². The number of carbonyl (C=O) groups is 2. The molecule has 1 amide bonds. The fraction of sp³-hybridized carbons (Fsp3) is 0.400. The van der Waals surface area contributed by atoms with Crippen molar-refractivity contribution >= 4 is 68.1 Å². The van der Waals surface area contributed by atoms with Crippen LogP contribution >= 0.6 is 11.6 Å². The Kier molecular flexibility index (Phi) is 9.59. The second-order valence-electron chi connectivity index (χ2n) is 10.4. The maximum Gasteiger partial charge on any atom is 0.280 e. The summed E-state index contributed by atoms with van der Waals surface area (Å²) in [6, 6.07) is 4.49. The zero-order valence-electron chi connectivity index (χ0n) is 23.5. The van der Waals surface area contributed by atoms with Crippen molar-refractivity contribution in [3.05, 3.63) is 46.5 Å². The lowest BCUT2D eigenvalue weighted by Gasteiger charge is -2.12. The number of nitrogens with two attached hydrogens (primary N) is 2. The fourth-order valence-corrected chi connectivity index (χ4v) is 11.0. The van der Waals surface area contributed by atoms with E-state index in [1.54, 1.807) is 0 Å². The molecule has 0 spiro atoms. The predicted molar refractivity (Wildman–Crippen MR) is 159 cm³/mol. The summed E-state index contributed by atoms with van der Waals surface area (Å²) in [5.41, 5.74) is 10.9. The molecular weight excluding hydrogens is 666 g/mol. The number of amides is 1. The Morgan fingerprint density at radius 3 is 1.33 bits per heavy atom. The van der Waals surface area contributed by atoms with Crippen LogP contribution in [-0.2, 0) is 39.3 Å². The molecule has 43 heavy (non-hydrogen) atoms. The molecule has 2 fully saturated rings. The largest absolute Gasteiger partial charge is 0.370 e. The first-order chi connectivity index (χ1) is 19.5. The molecule has 4 rings (SSSR count). The summed E-state index contributed by atoms with van der Waals surface area (Å²) in [7, 11) is -15.1. The molecule has 0 saturated heterocycles. The minimum absolute atomic E-state index is 0.00170. The van der Waals surface area contributed by atoms with Crippen LogP contribution in [0.15, 0.2) is 48.8 Å². The van der Waals surface area contributed by atoms with Crippen LogP contribution in [-0.4, -0.2) is 73.8 Å². The fourth-order valence-electron chi connectivity index (χ4n) is 4.08. The quantitative estimate of drug-likeness (QED) is 0.227. The maximum atomic E-state index is 12.5. The topological polar surface area (TPSA) is 235 Å². The molecule has 236 valence electrons. The van der Waals surface area contributed by atoms with Crippen molar-refractivity contribution in [1.82, 2.24) is 0 Å². The Morgan fingerprint density at radius 1 is 0.674 bits per heavy atom. The summed E-state index contributed by atoms with van der Waals surface area (Å²) in [5, 5.41) is -1.91.